The van der Waals surface area contributed by atoms with Crippen LogP contribution in [0.5, 0.6) is 0 Å². The first kappa shape index (κ1) is 17.2. The molecule has 1 fully saturated rings. The van der Waals surface area contributed by atoms with Crippen molar-refractivity contribution in [1.29, 1.82) is 0 Å². The minimum absolute atomic E-state index is 0.0501. The number of amides is 1. The topological polar surface area (TPSA) is 102 Å². The quantitative estimate of drug-likeness (QED) is 0.729. The fourth-order valence-corrected chi connectivity index (χ4v) is 3.69. The number of carbonyl (C=O) groups excluding carboxylic acids is 1. The highest BCUT2D eigenvalue weighted by Gasteiger charge is 2.33. The summed E-state index contributed by atoms with van der Waals surface area (Å²) in [7, 11) is -3.87. The minimum Gasteiger partial charge on any atom is -0.446 e. The van der Waals surface area contributed by atoms with E-state index in [0.717, 1.165) is 25.7 Å². The van der Waals surface area contributed by atoms with Gasteiger partial charge in [-0.05, 0) is 39.7 Å². The fourth-order valence-electron chi connectivity index (χ4n) is 2.34. The Morgan fingerprint density at radius 2 is 2.00 bits per heavy atom. The number of carbonyl (C=O) groups is 1. The summed E-state index contributed by atoms with van der Waals surface area (Å²) in [5.41, 5.74) is 5.45. The molecule has 8 heteroatoms. The number of nitrogens with one attached hydrogen (secondary N) is 1. The van der Waals surface area contributed by atoms with E-state index in [4.69, 9.17) is 10.5 Å². The van der Waals surface area contributed by atoms with Gasteiger partial charge in [0.1, 0.15) is 0 Å². The largest absolute Gasteiger partial charge is 0.446 e. The fraction of sp³-hybridized carbons (Fsp3) is 0.917. The van der Waals surface area contributed by atoms with Gasteiger partial charge in [-0.2, -0.15) is 12.7 Å². The average Bonchev–Trinajstić information content (AvgIpc) is 2.80. The van der Waals surface area contributed by atoms with Crippen LogP contribution in [-0.2, 0) is 14.9 Å². The predicted octanol–water partition coefficient (Wildman–Crippen LogP) is 0.959. The van der Waals surface area contributed by atoms with E-state index < -0.39 is 16.3 Å². The van der Waals surface area contributed by atoms with Gasteiger partial charge in [-0.1, -0.05) is 12.8 Å². The zero-order chi connectivity index (χ0) is 15.2. The van der Waals surface area contributed by atoms with E-state index >= 15 is 0 Å². The second-order valence-corrected chi connectivity index (χ2v) is 6.88. The molecule has 0 bridgehead atoms. The van der Waals surface area contributed by atoms with E-state index in [-0.39, 0.29) is 12.1 Å². The van der Waals surface area contributed by atoms with Crippen molar-refractivity contribution in [1.82, 2.24) is 9.03 Å². The molecule has 0 aliphatic heterocycles. The van der Waals surface area contributed by atoms with Crippen LogP contribution in [0.1, 0.15) is 46.0 Å². The summed E-state index contributed by atoms with van der Waals surface area (Å²) in [5, 5.41) is 0. The van der Waals surface area contributed by atoms with Gasteiger partial charge in [0.15, 0.2) is 0 Å². The maximum absolute atomic E-state index is 12.3. The molecule has 0 spiro atoms. The highest BCUT2D eigenvalue weighted by atomic mass is 32.2. The summed E-state index contributed by atoms with van der Waals surface area (Å²) in [6.45, 7) is 4.06. The Balaban J connectivity index is 2.73. The molecule has 0 saturated heterocycles. The molecule has 1 aliphatic carbocycles. The van der Waals surface area contributed by atoms with E-state index in [9.17, 15) is 13.2 Å². The molecular weight excluding hydrogens is 282 g/mol. The molecule has 0 aromatic rings. The second kappa shape index (κ2) is 7.80. The molecule has 0 atom stereocenters. The summed E-state index contributed by atoms with van der Waals surface area (Å²) < 4.78 is 32.7. The normalized spacial score (nSPS) is 16.9. The molecule has 7 nitrogen and oxygen atoms in total. The van der Waals surface area contributed by atoms with Crippen LogP contribution in [0.4, 0.5) is 4.79 Å². The van der Waals surface area contributed by atoms with Crippen molar-refractivity contribution in [2.75, 3.05) is 13.1 Å². The Hall–Kier alpha value is -0.860. The Morgan fingerprint density at radius 3 is 2.50 bits per heavy atom. The van der Waals surface area contributed by atoms with Gasteiger partial charge in [0.05, 0.1) is 6.10 Å². The molecule has 0 aromatic heterocycles. The van der Waals surface area contributed by atoms with E-state index in [1.807, 2.05) is 4.72 Å². The maximum Gasteiger partial charge on any atom is 0.422 e. The van der Waals surface area contributed by atoms with Crippen LogP contribution >= 0.6 is 0 Å². The Morgan fingerprint density at radius 1 is 1.40 bits per heavy atom. The van der Waals surface area contributed by atoms with E-state index in [1.54, 1.807) is 13.8 Å². The first-order valence-corrected chi connectivity index (χ1v) is 8.51. The predicted molar refractivity (Wildman–Crippen MR) is 76.3 cm³/mol. The van der Waals surface area contributed by atoms with Crippen LogP contribution in [0.3, 0.4) is 0 Å². The Bertz CT molecular complexity index is 405. The molecule has 0 aromatic carbocycles. The van der Waals surface area contributed by atoms with Crippen molar-refractivity contribution in [3.63, 3.8) is 0 Å². The van der Waals surface area contributed by atoms with Gasteiger partial charge in [-0.3, -0.25) is 0 Å². The molecule has 0 radical (unpaired) electrons. The van der Waals surface area contributed by atoms with Gasteiger partial charge in [-0.25, -0.2) is 9.52 Å². The second-order valence-electron chi connectivity index (χ2n) is 5.25. The lowest BCUT2D eigenvalue weighted by atomic mass is 10.2. The van der Waals surface area contributed by atoms with Gasteiger partial charge in [-0.15, -0.1) is 0 Å². The molecule has 1 aliphatic rings. The molecular formula is C12H25N3O4S. The summed E-state index contributed by atoms with van der Waals surface area (Å²) in [6.07, 6.45) is 2.93. The smallest absolute Gasteiger partial charge is 0.422 e. The molecule has 118 valence electrons. The SMILES string of the molecule is CC(C)OC(=O)NS(=O)(=O)N(CCCN)C1CCCC1. The number of rotatable bonds is 7. The molecule has 1 saturated carbocycles. The van der Waals surface area contributed by atoms with Crippen molar-refractivity contribution < 1.29 is 17.9 Å². The number of hydrogen-bond donors (Lipinski definition) is 2. The van der Waals surface area contributed by atoms with Gasteiger partial charge in [0.2, 0.25) is 0 Å². The number of nitrogens with zero attached hydrogens (tertiary/aromatic N) is 1. The lowest BCUT2D eigenvalue weighted by Gasteiger charge is -2.27. The van der Waals surface area contributed by atoms with Crippen LogP contribution in [0.2, 0.25) is 0 Å². The number of hydrogen-bond acceptors (Lipinski definition) is 5. The average molecular weight is 307 g/mol. The highest BCUT2D eigenvalue weighted by molar-refractivity contribution is 7.87. The van der Waals surface area contributed by atoms with Crippen molar-refractivity contribution in [3.8, 4) is 0 Å². The first-order valence-electron chi connectivity index (χ1n) is 7.07. The molecule has 3 N–H and O–H groups in total. The minimum atomic E-state index is -3.87. The number of ether oxygens (including phenoxy) is 1. The molecule has 1 rings (SSSR count). The summed E-state index contributed by atoms with van der Waals surface area (Å²) in [6, 6.07) is -0.0501. The third kappa shape index (κ3) is 5.26. The van der Waals surface area contributed by atoms with Crippen molar-refractivity contribution in [2.24, 2.45) is 5.73 Å². The lowest BCUT2D eigenvalue weighted by Crippen LogP contribution is -2.48. The number of nitrogens with two attached hydrogens (primary N) is 1. The van der Waals surface area contributed by atoms with Gasteiger partial charge < -0.3 is 10.5 Å². The third-order valence-electron chi connectivity index (χ3n) is 3.18. The standard InChI is InChI=1S/C12H25N3O4S/c1-10(2)19-12(16)14-20(17,18)15(9-5-8-13)11-6-3-4-7-11/h10-11H,3-9,13H2,1-2H3,(H,14,16). The molecule has 0 unspecified atom stereocenters. The van der Waals surface area contributed by atoms with Crippen LogP contribution < -0.4 is 10.5 Å². The zero-order valence-electron chi connectivity index (χ0n) is 12.2. The van der Waals surface area contributed by atoms with Crippen molar-refractivity contribution in [2.45, 2.75) is 58.1 Å². The highest BCUT2D eigenvalue weighted by Crippen LogP contribution is 2.25. The van der Waals surface area contributed by atoms with Crippen LogP contribution in [0, 0.1) is 0 Å². The van der Waals surface area contributed by atoms with Crippen LogP contribution in [0.25, 0.3) is 0 Å². The van der Waals surface area contributed by atoms with Gasteiger partial charge >= 0.3 is 16.3 Å². The summed E-state index contributed by atoms with van der Waals surface area (Å²) in [5.74, 6) is 0. The Labute approximate surface area is 121 Å². The van der Waals surface area contributed by atoms with E-state index in [1.165, 1.54) is 4.31 Å². The summed E-state index contributed by atoms with van der Waals surface area (Å²) in [4.78, 5) is 11.5. The molecule has 1 amide bonds. The monoisotopic (exact) mass is 307 g/mol. The van der Waals surface area contributed by atoms with Gasteiger partial charge in [0, 0.05) is 12.6 Å². The van der Waals surface area contributed by atoms with Gasteiger partial charge in [0.25, 0.3) is 0 Å². The Kier molecular flexibility index (Phi) is 6.70. The lowest BCUT2D eigenvalue weighted by molar-refractivity contribution is 0.120. The van der Waals surface area contributed by atoms with E-state index in [2.05, 4.69) is 0 Å². The zero-order valence-corrected chi connectivity index (χ0v) is 13.0. The van der Waals surface area contributed by atoms with E-state index in [0.29, 0.717) is 19.5 Å². The molecule has 20 heavy (non-hydrogen) atoms. The van der Waals surface area contributed by atoms with Crippen LogP contribution in [0.15, 0.2) is 0 Å². The van der Waals surface area contributed by atoms with Crippen LogP contribution in [-0.4, -0.2) is 44.1 Å². The maximum atomic E-state index is 12.3. The van der Waals surface area contributed by atoms with Crippen molar-refractivity contribution >= 4 is 16.3 Å². The third-order valence-corrected chi connectivity index (χ3v) is 4.70. The molecule has 0 heterocycles. The van der Waals surface area contributed by atoms with Crippen molar-refractivity contribution in [3.05, 3.63) is 0 Å². The summed E-state index contributed by atoms with van der Waals surface area (Å²) >= 11 is 0. The first-order chi connectivity index (χ1) is 9.36.